The fourth-order valence-corrected chi connectivity index (χ4v) is 3.41. The Kier molecular flexibility index (Phi) is 5.24. The summed E-state index contributed by atoms with van der Waals surface area (Å²) in [7, 11) is 2.11. The highest BCUT2D eigenvalue weighted by molar-refractivity contribution is 8.14. The molecule has 0 bridgehead atoms. The van der Waals surface area contributed by atoms with E-state index in [4.69, 9.17) is 0 Å². The molecule has 20 heavy (non-hydrogen) atoms. The first kappa shape index (κ1) is 15.1. The van der Waals surface area contributed by atoms with Crippen LogP contribution in [-0.4, -0.2) is 28.5 Å². The van der Waals surface area contributed by atoms with E-state index in [-0.39, 0.29) is 5.78 Å². The molecular formula is C16H22N2OS. The molecule has 0 N–H and O–H groups in total. The summed E-state index contributed by atoms with van der Waals surface area (Å²) >= 11 is 1.80. The van der Waals surface area contributed by atoms with Crippen LogP contribution < -0.4 is 0 Å². The largest absolute Gasteiger partial charge is 0.352 e. The van der Waals surface area contributed by atoms with Crippen LogP contribution >= 0.6 is 11.8 Å². The minimum Gasteiger partial charge on any atom is -0.352 e. The van der Waals surface area contributed by atoms with Gasteiger partial charge in [0.1, 0.15) is 0 Å². The minimum absolute atomic E-state index is 0.200. The zero-order chi connectivity index (χ0) is 14.5. The van der Waals surface area contributed by atoms with Crippen LogP contribution in [0.1, 0.15) is 39.5 Å². The molecule has 0 radical (unpaired) electrons. The lowest BCUT2D eigenvalue weighted by Gasteiger charge is -2.26. The lowest BCUT2D eigenvalue weighted by atomic mass is 10.1. The molecule has 0 atom stereocenters. The fourth-order valence-electron chi connectivity index (χ4n) is 2.29. The number of carbonyl (C=O) groups excluding carboxylic acids is 1. The van der Waals surface area contributed by atoms with Crippen molar-refractivity contribution in [1.82, 2.24) is 4.90 Å². The normalized spacial score (nSPS) is 23.1. The zero-order valence-corrected chi connectivity index (χ0v) is 13.3. The summed E-state index contributed by atoms with van der Waals surface area (Å²) in [4.78, 5) is 18.3. The third-order valence-corrected chi connectivity index (χ3v) is 4.67. The van der Waals surface area contributed by atoms with Crippen LogP contribution in [0.5, 0.6) is 0 Å². The van der Waals surface area contributed by atoms with Gasteiger partial charge in [0, 0.05) is 42.4 Å². The van der Waals surface area contributed by atoms with Gasteiger partial charge in [-0.05, 0) is 33.1 Å². The number of rotatable bonds is 2. The molecule has 0 aromatic rings. The molecule has 0 fully saturated rings. The van der Waals surface area contributed by atoms with Gasteiger partial charge in [-0.15, -0.1) is 11.8 Å². The topological polar surface area (TPSA) is 32.7 Å². The van der Waals surface area contributed by atoms with E-state index in [0.29, 0.717) is 6.42 Å². The maximum Gasteiger partial charge on any atom is 0.157 e. The van der Waals surface area contributed by atoms with Crippen molar-refractivity contribution >= 4 is 22.6 Å². The summed E-state index contributed by atoms with van der Waals surface area (Å²) in [5, 5.41) is 1.15. The number of carbonyl (C=O) groups is 1. The second-order valence-electron chi connectivity index (χ2n) is 5.24. The molecule has 0 amide bonds. The summed E-state index contributed by atoms with van der Waals surface area (Å²) in [6.45, 7) is 4.05. The molecule has 2 rings (SSSR count). The van der Waals surface area contributed by atoms with Gasteiger partial charge in [-0.25, -0.2) is 0 Å². The Morgan fingerprint density at radius 2 is 2.10 bits per heavy atom. The molecule has 0 aliphatic carbocycles. The predicted molar refractivity (Wildman–Crippen MR) is 86.7 cm³/mol. The van der Waals surface area contributed by atoms with Crippen molar-refractivity contribution in [3.8, 4) is 0 Å². The van der Waals surface area contributed by atoms with Gasteiger partial charge in [0.25, 0.3) is 0 Å². The molecule has 0 saturated carbocycles. The molecule has 0 aromatic carbocycles. The molecule has 0 saturated heterocycles. The van der Waals surface area contributed by atoms with Crippen LogP contribution in [0.4, 0.5) is 0 Å². The average molecular weight is 290 g/mol. The SMILES string of the molecule is CC1=CCC=C(CSC2=N/C(C)=C\C(=O)CCC2)N1C. The molecule has 4 heteroatoms. The number of hydrogen-bond donors (Lipinski definition) is 0. The van der Waals surface area contributed by atoms with Crippen molar-refractivity contribution in [2.75, 3.05) is 12.8 Å². The Bertz CT molecular complexity index is 515. The lowest BCUT2D eigenvalue weighted by molar-refractivity contribution is -0.114. The highest BCUT2D eigenvalue weighted by Gasteiger charge is 2.13. The highest BCUT2D eigenvalue weighted by Crippen LogP contribution is 2.24. The summed E-state index contributed by atoms with van der Waals surface area (Å²) in [5.41, 5.74) is 3.49. The number of allylic oxidation sites excluding steroid dienone is 5. The van der Waals surface area contributed by atoms with Gasteiger partial charge in [-0.2, -0.15) is 0 Å². The van der Waals surface area contributed by atoms with Crippen molar-refractivity contribution in [2.45, 2.75) is 39.5 Å². The van der Waals surface area contributed by atoms with E-state index in [1.165, 1.54) is 11.4 Å². The standard InChI is InChI=1S/C16H22N2OS/c1-12-10-15(19)8-5-9-16(17-12)20-11-14-7-4-6-13(2)18(14)3/h6-7,10H,4-5,8-9,11H2,1-3H3/b12-10-,17-16?. The Hall–Kier alpha value is -1.29. The number of ketones is 1. The van der Waals surface area contributed by atoms with Gasteiger partial charge in [0.05, 0.1) is 5.04 Å². The van der Waals surface area contributed by atoms with Crippen LogP contribution in [0, 0.1) is 0 Å². The predicted octanol–water partition coefficient (Wildman–Crippen LogP) is 3.90. The van der Waals surface area contributed by atoms with Gasteiger partial charge in [0.15, 0.2) is 5.78 Å². The van der Waals surface area contributed by atoms with Gasteiger partial charge < -0.3 is 4.90 Å². The smallest absolute Gasteiger partial charge is 0.157 e. The van der Waals surface area contributed by atoms with E-state index in [0.717, 1.165) is 35.8 Å². The quantitative estimate of drug-likeness (QED) is 0.773. The van der Waals surface area contributed by atoms with Crippen molar-refractivity contribution < 1.29 is 4.79 Å². The van der Waals surface area contributed by atoms with Crippen LogP contribution in [0.15, 0.2) is 40.3 Å². The Labute approximate surface area is 125 Å². The summed E-state index contributed by atoms with van der Waals surface area (Å²) < 4.78 is 0. The van der Waals surface area contributed by atoms with E-state index < -0.39 is 0 Å². The van der Waals surface area contributed by atoms with E-state index in [2.05, 4.69) is 36.0 Å². The molecule has 2 aliphatic heterocycles. The highest BCUT2D eigenvalue weighted by atomic mass is 32.2. The molecule has 0 aromatic heterocycles. The molecule has 108 valence electrons. The maximum atomic E-state index is 11.5. The molecule has 0 unspecified atom stereocenters. The Balaban J connectivity index is 1.98. The fraction of sp³-hybridized carbons (Fsp3) is 0.500. The second kappa shape index (κ2) is 6.93. The van der Waals surface area contributed by atoms with Crippen LogP contribution in [-0.2, 0) is 4.79 Å². The Morgan fingerprint density at radius 3 is 2.90 bits per heavy atom. The van der Waals surface area contributed by atoms with Crippen LogP contribution in [0.2, 0.25) is 0 Å². The van der Waals surface area contributed by atoms with Crippen LogP contribution in [0.3, 0.4) is 0 Å². The third kappa shape index (κ3) is 4.10. The lowest BCUT2D eigenvalue weighted by Crippen LogP contribution is -2.20. The minimum atomic E-state index is 0.200. The monoisotopic (exact) mass is 290 g/mol. The van der Waals surface area contributed by atoms with E-state index >= 15 is 0 Å². The van der Waals surface area contributed by atoms with Crippen LogP contribution in [0.25, 0.3) is 0 Å². The number of thioether (sulfide) groups is 1. The van der Waals surface area contributed by atoms with Gasteiger partial charge in [-0.1, -0.05) is 12.2 Å². The number of nitrogens with zero attached hydrogens (tertiary/aromatic N) is 2. The van der Waals surface area contributed by atoms with E-state index in [1.807, 2.05) is 6.92 Å². The van der Waals surface area contributed by atoms with Crippen molar-refractivity contribution in [1.29, 1.82) is 0 Å². The van der Waals surface area contributed by atoms with Gasteiger partial charge in [0.2, 0.25) is 0 Å². The second-order valence-corrected chi connectivity index (χ2v) is 6.28. The zero-order valence-electron chi connectivity index (χ0n) is 12.5. The van der Waals surface area contributed by atoms with Crippen molar-refractivity contribution in [3.63, 3.8) is 0 Å². The van der Waals surface area contributed by atoms with E-state index in [9.17, 15) is 4.79 Å². The first-order chi connectivity index (χ1) is 9.56. The van der Waals surface area contributed by atoms with Gasteiger partial charge in [-0.3, -0.25) is 9.79 Å². The van der Waals surface area contributed by atoms with E-state index in [1.54, 1.807) is 17.8 Å². The van der Waals surface area contributed by atoms with Crippen molar-refractivity contribution in [3.05, 3.63) is 35.3 Å². The Morgan fingerprint density at radius 1 is 1.30 bits per heavy atom. The summed E-state index contributed by atoms with van der Waals surface area (Å²) in [5.74, 6) is 1.15. The van der Waals surface area contributed by atoms with Gasteiger partial charge >= 0.3 is 0 Å². The molecular weight excluding hydrogens is 268 g/mol. The first-order valence-corrected chi connectivity index (χ1v) is 8.06. The maximum absolute atomic E-state index is 11.5. The molecule has 0 spiro atoms. The van der Waals surface area contributed by atoms with Crippen molar-refractivity contribution in [2.24, 2.45) is 4.99 Å². The first-order valence-electron chi connectivity index (χ1n) is 7.07. The number of hydrogen-bond acceptors (Lipinski definition) is 4. The molecule has 2 heterocycles. The number of aliphatic imine (C=N–C) groups is 1. The summed E-state index contributed by atoms with van der Waals surface area (Å²) in [6.07, 6.45) is 9.65. The average Bonchev–Trinajstić information content (AvgIpc) is 2.38. The molecule has 3 nitrogen and oxygen atoms in total. The molecule has 2 aliphatic rings. The third-order valence-electron chi connectivity index (χ3n) is 3.60. The summed E-state index contributed by atoms with van der Waals surface area (Å²) in [6, 6.07) is 0.